The maximum absolute atomic E-state index is 10.6. The summed E-state index contributed by atoms with van der Waals surface area (Å²) in [6.07, 6.45) is 1.35. The highest BCUT2D eigenvalue weighted by Crippen LogP contribution is 2.29. The van der Waals surface area contributed by atoms with Crippen LogP contribution >= 0.6 is 0 Å². The second kappa shape index (κ2) is 3.31. The van der Waals surface area contributed by atoms with Crippen LogP contribution in [0.15, 0.2) is 22.8 Å². The van der Waals surface area contributed by atoms with Crippen LogP contribution in [-0.2, 0) is 11.2 Å². The van der Waals surface area contributed by atoms with Gasteiger partial charge in [0.25, 0.3) is 0 Å². The Labute approximate surface area is 85.8 Å². The molecule has 2 N–H and O–H groups in total. The molecule has 0 atom stereocenters. The molecule has 15 heavy (non-hydrogen) atoms. The topological polar surface area (TPSA) is 70.7 Å². The summed E-state index contributed by atoms with van der Waals surface area (Å²) < 4.78 is 5.19. The molecule has 1 aromatic carbocycles. The monoisotopic (exact) mass is 206 g/mol. The van der Waals surface area contributed by atoms with Crippen molar-refractivity contribution in [2.45, 2.75) is 13.3 Å². The molecule has 2 aromatic rings. The van der Waals surface area contributed by atoms with Gasteiger partial charge in [-0.3, -0.25) is 4.79 Å². The number of rotatable bonds is 2. The van der Waals surface area contributed by atoms with Gasteiger partial charge in [-0.1, -0.05) is 0 Å². The number of aryl methyl sites for hydroxylation is 1. The van der Waals surface area contributed by atoms with E-state index in [9.17, 15) is 9.90 Å². The number of benzene rings is 1. The zero-order chi connectivity index (χ0) is 11.0. The Bertz CT molecular complexity index is 525. The summed E-state index contributed by atoms with van der Waals surface area (Å²) in [4.78, 5) is 10.6. The molecule has 4 heteroatoms. The summed E-state index contributed by atoms with van der Waals surface area (Å²) in [6, 6.07) is 3.07. The first-order chi connectivity index (χ1) is 7.08. The average Bonchev–Trinajstić information content (AvgIpc) is 2.46. The fraction of sp³-hybridized carbons (Fsp3) is 0.182. The molecule has 2 rings (SSSR count). The van der Waals surface area contributed by atoms with Crippen LogP contribution in [0.5, 0.6) is 5.75 Å². The van der Waals surface area contributed by atoms with Crippen LogP contribution in [0.25, 0.3) is 11.0 Å². The van der Waals surface area contributed by atoms with Gasteiger partial charge in [0.2, 0.25) is 0 Å². The van der Waals surface area contributed by atoms with Gasteiger partial charge in [-0.05, 0) is 18.6 Å². The van der Waals surface area contributed by atoms with Gasteiger partial charge in [-0.15, -0.1) is 0 Å². The van der Waals surface area contributed by atoms with Crippen molar-refractivity contribution < 1.29 is 19.4 Å². The summed E-state index contributed by atoms with van der Waals surface area (Å²) in [7, 11) is 0. The summed E-state index contributed by atoms with van der Waals surface area (Å²) in [5.41, 5.74) is 1.97. The van der Waals surface area contributed by atoms with Gasteiger partial charge in [0, 0.05) is 17.0 Å². The molecule has 0 amide bonds. The molecular weight excluding hydrogens is 196 g/mol. The van der Waals surface area contributed by atoms with Gasteiger partial charge in [0.1, 0.15) is 11.3 Å². The van der Waals surface area contributed by atoms with Gasteiger partial charge < -0.3 is 14.6 Å². The molecule has 1 aromatic heterocycles. The Balaban J connectivity index is 2.63. The molecule has 0 aliphatic carbocycles. The fourth-order valence-corrected chi connectivity index (χ4v) is 1.73. The molecule has 0 fully saturated rings. The van der Waals surface area contributed by atoms with E-state index in [4.69, 9.17) is 9.52 Å². The first-order valence-corrected chi connectivity index (χ1v) is 4.49. The van der Waals surface area contributed by atoms with Gasteiger partial charge in [-0.25, -0.2) is 0 Å². The number of carbonyl (C=O) groups is 1. The Morgan fingerprint density at radius 1 is 1.47 bits per heavy atom. The van der Waals surface area contributed by atoms with Gasteiger partial charge in [0.15, 0.2) is 0 Å². The third-order valence-electron chi connectivity index (χ3n) is 2.28. The predicted octanol–water partition coefficient (Wildman–Crippen LogP) is 2.07. The molecule has 4 nitrogen and oxygen atoms in total. The van der Waals surface area contributed by atoms with Gasteiger partial charge >= 0.3 is 5.97 Å². The standard InChI is InChI=1S/C11H10O4/c1-6-2-8(12)4-9-11(6)7(5-15-9)3-10(13)14/h2,4-5,12H,3H2,1H3,(H,13,14). The molecule has 0 saturated heterocycles. The van der Waals surface area contributed by atoms with Crippen molar-refractivity contribution in [2.75, 3.05) is 0 Å². The highest BCUT2D eigenvalue weighted by molar-refractivity contribution is 5.88. The van der Waals surface area contributed by atoms with E-state index in [-0.39, 0.29) is 12.2 Å². The van der Waals surface area contributed by atoms with Crippen molar-refractivity contribution in [3.63, 3.8) is 0 Å². The summed E-state index contributed by atoms with van der Waals surface area (Å²) in [6.45, 7) is 1.81. The number of furan rings is 1. The lowest BCUT2D eigenvalue weighted by Crippen LogP contribution is -1.99. The summed E-state index contributed by atoms with van der Waals surface area (Å²) in [5, 5.41) is 18.8. The molecule has 0 radical (unpaired) electrons. The van der Waals surface area contributed by atoms with E-state index in [1.54, 1.807) is 6.07 Å². The van der Waals surface area contributed by atoms with E-state index < -0.39 is 5.97 Å². The molecule has 0 aliphatic rings. The van der Waals surface area contributed by atoms with E-state index >= 15 is 0 Å². The van der Waals surface area contributed by atoms with Crippen molar-refractivity contribution in [1.82, 2.24) is 0 Å². The van der Waals surface area contributed by atoms with E-state index in [1.807, 2.05) is 6.92 Å². The molecular formula is C11H10O4. The Morgan fingerprint density at radius 2 is 2.20 bits per heavy atom. The second-order valence-corrected chi connectivity index (χ2v) is 3.47. The quantitative estimate of drug-likeness (QED) is 0.789. The molecule has 0 bridgehead atoms. The van der Waals surface area contributed by atoms with E-state index in [0.717, 1.165) is 10.9 Å². The van der Waals surface area contributed by atoms with Gasteiger partial charge in [-0.2, -0.15) is 0 Å². The predicted molar refractivity (Wildman–Crippen MR) is 54.0 cm³/mol. The highest BCUT2D eigenvalue weighted by atomic mass is 16.4. The van der Waals surface area contributed by atoms with E-state index in [2.05, 4.69) is 0 Å². The van der Waals surface area contributed by atoms with E-state index in [1.165, 1.54) is 12.3 Å². The first kappa shape index (κ1) is 9.58. The molecule has 0 saturated carbocycles. The molecule has 0 unspecified atom stereocenters. The zero-order valence-corrected chi connectivity index (χ0v) is 8.15. The zero-order valence-electron chi connectivity index (χ0n) is 8.15. The highest BCUT2D eigenvalue weighted by Gasteiger charge is 2.12. The lowest BCUT2D eigenvalue weighted by molar-refractivity contribution is -0.136. The maximum Gasteiger partial charge on any atom is 0.307 e. The average molecular weight is 206 g/mol. The Hall–Kier alpha value is -1.97. The number of aromatic hydroxyl groups is 1. The SMILES string of the molecule is Cc1cc(O)cc2occ(CC(=O)O)c12. The van der Waals surface area contributed by atoms with Crippen molar-refractivity contribution in [1.29, 1.82) is 0 Å². The third kappa shape index (κ3) is 1.66. The van der Waals surface area contributed by atoms with Gasteiger partial charge in [0.05, 0.1) is 12.7 Å². The minimum absolute atomic E-state index is 0.0708. The van der Waals surface area contributed by atoms with Crippen molar-refractivity contribution in [3.8, 4) is 5.75 Å². The number of carboxylic acid groups (broad SMARTS) is 1. The molecule has 1 heterocycles. The van der Waals surface area contributed by atoms with Crippen LogP contribution in [-0.4, -0.2) is 16.2 Å². The molecule has 0 aliphatic heterocycles. The first-order valence-electron chi connectivity index (χ1n) is 4.49. The Morgan fingerprint density at radius 3 is 2.87 bits per heavy atom. The summed E-state index contributed by atoms with van der Waals surface area (Å²) in [5.74, 6) is -0.776. The van der Waals surface area contributed by atoms with Crippen molar-refractivity contribution >= 4 is 16.9 Å². The number of fused-ring (bicyclic) bond motifs is 1. The third-order valence-corrected chi connectivity index (χ3v) is 2.28. The lowest BCUT2D eigenvalue weighted by Gasteiger charge is -1.99. The number of hydrogen-bond donors (Lipinski definition) is 2. The van der Waals surface area contributed by atoms with Crippen LogP contribution in [0.2, 0.25) is 0 Å². The number of hydrogen-bond acceptors (Lipinski definition) is 3. The normalized spacial score (nSPS) is 10.7. The number of phenols is 1. The van der Waals surface area contributed by atoms with Crippen molar-refractivity contribution in [2.24, 2.45) is 0 Å². The molecule has 78 valence electrons. The largest absolute Gasteiger partial charge is 0.508 e. The Kier molecular flexibility index (Phi) is 2.11. The van der Waals surface area contributed by atoms with Crippen LogP contribution in [0.4, 0.5) is 0 Å². The summed E-state index contributed by atoms with van der Waals surface area (Å²) >= 11 is 0. The van der Waals surface area contributed by atoms with Crippen LogP contribution in [0.1, 0.15) is 11.1 Å². The van der Waals surface area contributed by atoms with Crippen LogP contribution < -0.4 is 0 Å². The minimum atomic E-state index is -0.898. The second-order valence-electron chi connectivity index (χ2n) is 3.47. The number of phenolic OH excluding ortho intramolecular Hbond substituents is 1. The molecule has 0 spiro atoms. The van der Waals surface area contributed by atoms with E-state index in [0.29, 0.717) is 11.1 Å². The van der Waals surface area contributed by atoms with Crippen LogP contribution in [0, 0.1) is 6.92 Å². The smallest absolute Gasteiger partial charge is 0.307 e. The maximum atomic E-state index is 10.6. The fourth-order valence-electron chi connectivity index (χ4n) is 1.73. The minimum Gasteiger partial charge on any atom is -0.508 e. The number of carboxylic acids is 1. The number of aliphatic carboxylic acids is 1. The van der Waals surface area contributed by atoms with Crippen molar-refractivity contribution in [3.05, 3.63) is 29.5 Å². The lowest BCUT2D eigenvalue weighted by atomic mass is 10.1. The van der Waals surface area contributed by atoms with Crippen LogP contribution in [0.3, 0.4) is 0 Å².